The molecular weight excluding hydrogens is 340 g/mol. The van der Waals surface area contributed by atoms with Crippen molar-refractivity contribution in [1.29, 1.82) is 0 Å². The number of nitrogens with one attached hydrogen (secondary N) is 2. The number of aromatic nitrogens is 3. The van der Waals surface area contributed by atoms with Crippen LogP contribution in [0.3, 0.4) is 0 Å². The lowest BCUT2D eigenvalue weighted by Gasteiger charge is -2.05. The second kappa shape index (κ2) is 7.44. The maximum absolute atomic E-state index is 11.9. The molecule has 0 unspecified atom stereocenters. The van der Waals surface area contributed by atoms with Crippen molar-refractivity contribution in [2.24, 2.45) is 0 Å². The Bertz CT molecular complexity index is 587. The first-order valence-electron chi connectivity index (χ1n) is 6.27. The van der Waals surface area contributed by atoms with E-state index in [1.807, 2.05) is 24.3 Å². The number of anilines is 1. The molecule has 0 saturated carbocycles. The molecule has 0 spiro atoms. The van der Waals surface area contributed by atoms with Gasteiger partial charge in [0.25, 0.3) is 0 Å². The Morgan fingerprint density at radius 3 is 3.00 bits per heavy atom. The van der Waals surface area contributed by atoms with Gasteiger partial charge in [0.15, 0.2) is 0 Å². The van der Waals surface area contributed by atoms with Crippen LogP contribution in [0.15, 0.2) is 33.9 Å². The maximum atomic E-state index is 11.9. The first-order chi connectivity index (χ1) is 9.69. The maximum Gasteiger partial charge on any atom is 0.234 e. The number of para-hydroxylation sites is 1. The van der Waals surface area contributed by atoms with Crippen molar-refractivity contribution in [3.05, 3.63) is 34.6 Å². The lowest BCUT2D eigenvalue weighted by molar-refractivity contribution is -0.113. The number of H-pyrrole nitrogens is 1. The van der Waals surface area contributed by atoms with Crippen LogP contribution in [-0.4, -0.2) is 26.8 Å². The molecular formula is C13H15BrN4OS. The van der Waals surface area contributed by atoms with Crippen LogP contribution in [0.4, 0.5) is 5.69 Å². The molecule has 1 heterocycles. The summed E-state index contributed by atoms with van der Waals surface area (Å²) < 4.78 is 0.862. The van der Waals surface area contributed by atoms with Gasteiger partial charge in [-0.05, 0) is 34.5 Å². The van der Waals surface area contributed by atoms with Gasteiger partial charge in [0.2, 0.25) is 11.1 Å². The second-order valence-electron chi connectivity index (χ2n) is 4.13. The average molecular weight is 355 g/mol. The van der Waals surface area contributed by atoms with Crippen LogP contribution in [0.25, 0.3) is 0 Å². The third-order valence-corrected chi connectivity index (χ3v) is 4.02. The predicted molar refractivity (Wildman–Crippen MR) is 83.9 cm³/mol. The molecule has 2 rings (SSSR count). The van der Waals surface area contributed by atoms with Gasteiger partial charge in [0, 0.05) is 10.9 Å². The van der Waals surface area contributed by atoms with E-state index in [-0.39, 0.29) is 11.7 Å². The Kier molecular flexibility index (Phi) is 5.60. The second-order valence-corrected chi connectivity index (χ2v) is 5.93. The summed E-state index contributed by atoms with van der Waals surface area (Å²) in [4.78, 5) is 16.2. The summed E-state index contributed by atoms with van der Waals surface area (Å²) in [7, 11) is 0. The first-order valence-corrected chi connectivity index (χ1v) is 8.05. The zero-order valence-electron chi connectivity index (χ0n) is 11.0. The number of benzene rings is 1. The van der Waals surface area contributed by atoms with Crippen molar-refractivity contribution in [3.8, 4) is 0 Å². The lowest BCUT2D eigenvalue weighted by atomic mass is 10.3. The van der Waals surface area contributed by atoms with Crippen LogP contribution in [-0.2, 0) is 11.2 Å². The van der Waals surface area contributed by atoms with Crippen molar-refractivity contribution in [1.82, 2.24) is 15.2 Å². The van der Waals surface area contributed by atoms with E-state index in [9.17, 15) is 4.79 Å². The van der Waals surface area contributed by atoms with Crippen LogP contribution in [0.5, 0.6) is 0 Å². The summed E-state index contributed by atoms with van der Waals surface area (Å²) in [5, 5.41) is 10.4. The summed E-state index contributed by atoms with van der Waals surface area (Å²) in [6, 6.07) is 7.51. The molecule has 0 saturated heterocycles. The van der Waals surface area contributed by atoms with Crippen molar-refractivity contribution >= 4 is 39.3 Å². The molecule has 0 aliphatic carbocycles. The lowest BCUT2D eigenvalue weighted by Crippen LogP contribution is -2.14. The number of thioether (sulfide) groups is 1. The molecule has 1 aromatic carbocycles. The smallest absolute Gasteiger partial charge is 0.234 e. The van der Waals surface area contributed by atoms with Crippen molar-refractivity contribution < 1.29 is 4.79 Å². The van der Waals surface area contributed by atoms with Crippen LogP contribution in [0.1, 0.15) is 19.2 Å². The number of carbonyl (C=O) groups is 1. The summed E-state index contributed by atoms with van der Waals surface area (Å²) in [6.07, 6.45) is 1.89. The van der Waals surface area contributed by atoms with Gasteiger partial charge in [-0.15, -0.1) is 5.10 Å². The van der Waals surface area contributed by atoms with Crippen molar-refractivity contribution in [2.75, 3.05) is 11.1 Å². The van der Waals surface area contributed by atoms with Crippen molar-refractivity contribution in [2.45, 2.75) is 24.9 Å². The number of halogens is 1. The largest absolute Gasteiger partial charge is 0.324 e. The molecule has 106 valence electrons. The number of rotatable bonds is 6. The standard InChI is InChI=1S/C13H15BrN4OS/c1-2-5-11-16-13(18-17-11)20-8-12(19)15-10-7-4-3-6-9(10)14/h3-4,6-7H,2,5,8H2,1H3,(H,15,19)(H,16,17,18). The minimum absolute atomic E-state index is 0.0799. The molecule has 7 heteroatoms. The molecule has 0 aliphatic heterocycles. The fraction of sp³-hybridized carbons (Fsp3) is 0.308. The summed E-state index contributed by atoms with van der Waals surface area (Å²) in [5.74, 6) is 1.06. The van der Waals surface area contributed by atoms with Gasteiger partial charge in [-0.3, -0.25) is 9.89 Å². The van der Waals surface area contributed by atoms with Gasteiger partial charge < -0.3 is 5.32 Å². The zero-order valence-corrected chi connectivity index (χ0v) is 13.4. The molecule has 2 N–H and O–H groups in total. The van der Waals surface area contributed by atoms with E-state index in [1.165, 1.54) is 11.8 Å². The minimum Gasteiger partial charge on any atom is -0.324 e. The zero-order chi connectivity index (χ0) is 14.4. The molecule has 20 heavy (non-hydrogen) atoms. The van der Waals surface area contributed by atoms with E-state index in [2.05, 4.69) is 43.4 Å². The number of carbonyl (C=O) groups excluding carboxylic acids is 1. The summed E-state index contributed by atoms with van der Waals surface area (Å²) in [5.41, 5.74) is 0.764. The Morgan fingerprint density at radius 2 is 2.25 bits per heavy atom. The average Bonchev–Trinajstić information content (AvgIpc) is 2.87. The van der Waals surface area contributed by atoms with Crippen LogP contribution >= 0.6 is 27.7 Å². The van der Waals surface area contributed by atoms with E-state index in [4.69, 9.17) is 0 Å². The molecule has 0 fully saturated rings. The summed E-state index contributed by atoms with van der Waals surface area (Å²) in [6.45, 7) is 2.08. The van der Waals surface area contributed by atoms with Crippen LogP contribution < -0.4 is 5.32 Å². The fourth-order valence-electron chi connectivity index (χ4n) is 1.57. The summed E-state index contributed by atoms with van der Waals surface area (Å²) >= 11 is 4.71. The van der Waals surface area contributed by atoms with Gasteiger partial charge >= 0.3 is 0 Å². The number of aryl methyl sites for hydroxylation is 1. The molecule has 1 amide bonds. The Balaban J connectivity index is 1.84. The highest BCUT2D eigenvalue weighted by Gasteiger charge is 2.08. The Morgan fingerprint density at radius 1 is 1.45 bits per heavy atom. The molecule has 0 aliphatic rings. The highest BCUT2D eigenvalue weighted by molar-refractivity contribution is 9.10. The molecule has 5 nitrogen and oxygen atoms in total. The molecule has 0 bridgehead atoms. The van der Waals surface area contributed by atoms with Gasteiger partial charge in [0.05, 0.1) is 11.4 Å². The number of amides is 1. The Hall–Kier alpha value is -1.34. The van der Waals surface area contributed by atoms with E-state index >= 15 is 0 Å². The third-order valence-electron chi connectivity index (χ3n) is 2.48. The molecule has 2 aromatic rings. The van der Waals surface area contributed by atoms with Crippen molar-refractivity contribution in [3.63, 3.8) is 0 Å². The number of hydrogen-bond acceptors (Lipinski definition) is 4. The number of aromatic amines is 1. The van der Waals surface area contributed by atoms with E-state index in [1.54, 1.807) is 0 Å². The Labute approximate surface area is 130 Å². The third kappa shape index (κ3) is 4.35. The van der Waals surface area contributed by atoms with Gasteiger partial charge in [-0.1, -0.05) is 30.8 Å². The number of hydrogen-bond donors (Lipinski definition) is 2. The first kappa shape index (κ1) is 15.1. The SMILES string of the molecule is CCCc1nc(SCC(=O)Nc2ccccc2Br)n[nH]1. The minimum atomic E-state index is -0.0799. The number of nitrogens with zero attached hydrogens (tertiary/aromatic N) is 2. The highest BCUT2D eigenvalue weighted by Crippen LogP contribution is 2.21. The van der Waals surface area contributed by atoms with E-state index in [0.717, 1.165) is 28.8 Å². The molecule has 1 aromatic heterocycles. The normalized spacial score (nSPS) is 10.5. The van der Waals surface area contributed by atoms with E-state index in [0.29, 0.717) is 5.16 Å². The fourth-order valence-corrected chi connectivity index (χ4v) is 2.57. The monoisotopic (exact) mass is 354 g/mol. The highest BCUT2D eigenvalue weighted by atomic mass is 79.9. The topological polar surface area (TPSA) is 70.7 Å². The molecule has 0 atom stereocenters. The molecule has 0 radical (unpaired) electrons. The van der Waals surface area contributed by atoms with Crippen LogP contribution in [0.2, 0.25) is 0 Å². The van der Waals surface area contributed by atoms with Crippen LogP contribution in [0, 0.1) is 0 Å². The van der Waals surface area contributed by atoms with E-state index < -0.39 is 0 Å². The predicted octanol–water partition coefficient (Wildman–Crippen LogP) is 3.25. The quantitative estimate of drug-likeness (QED) is 0.781. The van der Waals surface area contributed by atoms with Gasteiger partial charge in [-0.25, -0.2) is 4.98 Å². The van der Waals surface area contributed by atoms with Gasteiger partial charge in [-0.2, -0.15) is 0 Å². The van der Waals surface area contributed by atoms with Gasteiger partial charge in [0.1, 0.15) is 5.82 Å².